The summed E-state index contributed by atoms with van der Waals surface area (Å²) < 4.78 is 0. The average molecular weight is 426 g/mol. The van der Waals surface area contributed by atoms with E-state index in [-0.39, 0.29) is 0 Å². The Kier molecular flexibility index (Phi) is 5.92. The molecule has 5 nitrogen and oxygen atoms in total. The number of anilines is 1. The van der Waals surface area contributed by atoms with Crippen LogP contribution in [0.2, 0.25) is 5.02 Å². The topological polar surface area (TPSA) is 57.7 Å². The van der Waals surface area contributed by atoms with Gasteiger partial charge in [0.15, 0.2) is 5.16 Å². The number of aromatic amines is 1. The Morgan fingerprint density at radius 3 is 2.83 bits per heavy atom. The van der Waals surface area contributed by atoms with E-state index in [9.17, 15) is 0 Å². The van der Waals surface area contributed by atoms with E-state index in [0.29, 0.717) is 5.16 Å². The van der Waals surface area contributed by atoms with E-state index in [2.05, 4.69) is 28.4 Å². The van der Waals surface area contributed by atoms with Gasteiger partial charge >= 0.3 is 0 Å². The number of pyridine rings is 1. The van der Waals surface area contributed by atoms with Gasteiger partial charge < -0.3 is 9.88 Å². The van der Waals surface area contributed by atoms with Gasteiger partial charge in [0.1, 0.15) is 11.5 Å². The lowest BCUT2D eigenvalue weighted by atomic mass is 10.3. The van der Waals surface area contributed by atoms with Gasteiger partial charge in [-0.25, -0.2) is 9.97 Å². The Hall–Kier alpha value is -2.31. The molecule has 1 saturated heterocycles. The molecular weight excluding hydrogens is 402 g/mol. The van der Waals surface area contributed by atoms with Gasteiger partial charge in [-0.05, 0) is 43.5 Å². The summed E-state index contributed by atoms with van der Waals surface area (Å²) in [6, 6.07) is 3.85. The molecule has 0 spiro atoms. The van der Waals surface area contributed by atoms with Gasteiger partial charge in [-0.2, -0.15) is 0 Å². The molecule has 0 aliphatic carbocycles. The van der Waals surface area contributed by atoms with Gasteiger partial charge in [0.25, 0.3) is 0 Å². The van der Waals surface area contributed by atoms with Gasteiger partial charge in [-0.15, -0.1) is 0 Å². The predicted molar refractivity (Wildman–Crippen MR) is 123 cm³/mol. The second-order valence-corrected chi connectivity index (χ2v) is 8.42. The van der Waals surface area contributed by atoms with Gasteiger partial charge in [-0.3, -0.25) is 4.98 Å². The number of halogens is 1. The van der Waals surface area contributed by atoms with Crippen LogP contribution in [0.3, 0.4) is 0 Å². The summed E-state index contributed by atoms with van der Waals surface area (Å²) in [5.74, 6) is 0.932. The van der Waals surface area contributed by atoms with Crippen LogP contribution in [0.4, 0.5) is 5.82 Å². The van der Waals surface area contributed by atoms with Crippen molar-refractivity contribution in [1.29, 1.82) is 0 Å². The van der Waals surface area contributed by atoms with Crippen LogP contribution in [0, 0.1) is 0 Å². The predicted octanol–water partition coefficient (Wildman–Crippen LogP) is 4.06. The number of rotatable bonds is 5. The minimum Gasteiger partial charge on any atom is -0.356 e. The molecule has 0 atom stereocenters. The van der Waals surface area contributed by atoms with E-state index in [4.69, 9.17) is 21.6 Å². The highest BCUT2D eigenvalue weighted by Gasteiger charge is 2.23. The van der Waals surface area contributed by atoms with Crippen molar-refractivity contribution in [2.24, 2.45) is 0 Å². The maximum atomic E-state index is 6.67. The highest BCUT2D eigenvalue weighted by molar-refractivity contribution is 8.03. The Bertz CT molecular complexity index is 1180. The molecule has 4 rings (SSSR count). The molecule has 0 unspecified atom stereocenters. The number of hydrogen-bond donors (Lipinski definition) is 1. The normalized spacial score (nSPS) is 15.6. The number of H-pyrrole nitrogens is 1. The molecule has 4 heterocycles. The Morgan fingerprint density at radius 2 is 2.14 bits per heavy atom. The van der Waals surface area contributed by atoms with Gasteiger partial charge in [0, 0.05) is 29.9 Å². The Balaban J connectivity index is 1.78. The molecule has 1 N–H and O–H groups in total. The maximum Gasteiger partial charge on any atom is 0.196 e. The van der Waals surface area contributed by atoms with Crippen LogP contribution in [0.1, 0.15) is 32.4 Å². The maximum absolute atomic E-state index is 6.67. The minimum absolute atomic E-state index is 0.700. The lowest BCUT2D eigenvalue weighted by Crippen LogP contribution is -2.25. The second kappa shape index (κ2) is 8.59. The molecule has 0 saturated carbocycles. The van der Waals surface area contributed by atoms with Crippen molar-refractivity contribution in [3.8, 4) is 0 Å². The molecule has 0 amide bonds. The largest absolute Gasteiger partial charge is 0.356 e. The third kappa shape index (κ3) is 4.05. The van der Waals surface area contributed by atoms with E-state index in [1.54, 1.807) is 6.20 Å². The average Bonchev–Trinajstić information content (AvgIpc) is 3.37. The third-order valence-corrected chi connectivity index (χ3v) is 6.45. The first-order valence-electron chi connectivity index (χ1n) is 9.89. The molecule has 1 aliphatic rings. The van der Waals surface area contributed by atoms with E-state index in [0.717, 1.165) is 62.6 Å². The number of hydrogen-bond acceptors (Lipinski definition) is 5. The molecule has 3 aromatic rings. The first-order chi connectivity index (χ1) is 14.1. The highest BCUT2D eigenvalue weighted by atomic mass is 35.5. The van der Waals surface area contributed by atoms with Crippen molar-refractivity contribution in [3.63, 3.8) is 0 Å². The first kappa shape index (κ1) is 20.0. The number of allylic oxidation sites excluding steroid dienone is 2. The van der Waals surface area contributed by atoms with Crippen LogP contribution in [0.25, 0.3) is 23.7 Å². The van der Waals surface area contributed by atoms with Crippen molar-refractivity contribution in [2.45, 2.75) is 38.3 Å². The molecular formula is C22H24ClN5S. The molecule has 29 heavy (non-hydrogen) atoms. The van der Waals surface area contributed by atoms with Gasteiger partial charge in [0.2, 0.25) is 0 Å². The molecule has 0 radical (unpaired) electrons. The van der Waals surface area contributed by atoms with E-state index in [1.807, 2.05) is 31.2 Å². The number of aromatic nitrogens is 4. The van der Waals surface area contributed by atoms with E-state index >= 15 is 0 Å². The molecule has 3 aromatic heterocycles. The van der Waals surface area contributed by atoms with Crippen LogP contribution in [0.15, 0.2) is 34.5 Å². The fraction of sp³-hybridized carbons (Fsp3) is 0.318. The second-order valence-electron chi connectivity index (χ2n) is 7.00. The molecule has 1 aliphatic heterocycles. The molecule has 1 fully saturated rings. The molecule has 0 aromatic carbocycles. The van der Waals surface area contributed by atoms with Crippen molar-refractivity contribution in [3.05, 3.63) is 50.6 Å². The standard InChI is InChI=1S/C22H24ClN5S/c1-4-15(13-17-14(3)9-8-10-24-17)29-22-26-20-18(19(23)16(5-2)25-20)21(27-22)28-11-6-7-12-28/h4,8-10,13H,3,5-7,11-12H2,1-2H3,(H,25,26,27)/b15-4+,17-13+. The minimum atomic E-state index is 0.700. The quantitative estimate of drug-likeness (QED) is 0.493. The Labute approximate surface area is 179 Å². The summed E-state index contributed by atoms with van der Waals surface area (Å²) in [5, 5.41) is 4.13. The summed E-state index contributed by atoms with van der Waals surface area (Å²) >= 11 is 8.20. The summed E-state index contributed by atoms with van der Waals surface area (Å²) in [5.41, 5.74) is 1.81. The third-order valence-electron chi connectivity index (χ3n) is 5.08. The van der Waals surface area contributed by atoms with Crippen molar-refractivity contribution in [1.82, 2.24) is 19.9 Å². The van der Waals surface area contributed by atoms with Crippen LogP contribution < -0.4 is 15.5 Å². The molecule has 7 heteroatoms. The fourth-order valence-electron chi connectivity index (χ4n) is 3.51. The number of nitrogens with zero attached hydrogens (tertiary/aromatic N) is 4. The lowest BCUT2D eigenvalue weighted by molar-refractivity contribution is 0.897. The highest BCUT2D eigenvalue weighted by Crippen LogP contribution is 2.37. The fourth-order valence-corrected chi connectivity index (χ4v) is 4.63. The lowest BCUT2D eigenvalue weighted by Gasteiger charge is -2.18. The van der Waals surface area contributed by atoms with E-state index < -0.39 is 0 Å². The summed E-state index contributed by atoms with van der Waals surface area (Å²) in [7, 11) is 0. The van der Waals surface area contributed by atoms with Crippen LogP contribution in [0.5, 0.6) is 0 Å². The van der Waals surface area contributed by atoms with Crippen molar-refractivity contribution < 1.29 is 0 Å². The SMILES string of the molecule is C=c1cccn/c1=C/C(=C\C)Sc1nc(N2CCCC2)c2c(Cl)c(CC)[nH]c2n1. The summed E-state index contributed by atoms with van der Waals surface area (Å²) in [4.78, 5) is 20.8. The van der Waals surface area contributed by atoms with Gasteiger partial charge in [0.05, 0.1) is 15.8 Å². The van der Waals surface area contributed by atoms with Crippen LogP contribution >= 0.6 is 23.4 Å². The van der Waals surface area contributed by atoms with Crippen LogP contribution in [-0.4, -0.2) is 33.0 Å². The first-order valence-corrected chi connectivity index (χ1v) is 11.1. The zero-order valence-corrected chi connectivity index (χ0v) is 18.3. The van der Waals surface area contributed by atoms with Crippen LogP contribution in [-0.2, 0) is 6.42 Å². The number of thioether (sulfide) groups is 1. The van der Waals surface area contributed by atoms with Gasteiger partial charge in [-0.1, -0.05) is 49.0 Å². The smallest absolute Gasteiger partial charge is 0.196 e. The summed E-state index contributed by atoms with van der Waals surface area (Å²) in [6.07, 6.45) is 9.03. The van der Waals surface area contributed by atoms with E-state index in [1.165, 1.54) is 24.6 Å². The van der Waals surface area contributed by atoms with Crippen molar-refractivity contribution >= 4 is 52.9 Å². The zero-order valence-electron chi connectivity index (χ0n) is 16.7. The zero-order chi connectivity index (χ0) is 20.4. The Morgan fingerprint density at radius 1 is 1.34 bits per heavy atom. The number of aryl methyl sites for hydroxylation is 1. The molecule has 150 valence electrons. The molecule has 0 bridgehead atoms. The van der Waals surface area contributed by atoms with Crippen molar-refractivity contribution in [2.75, 3.05) is 18.0 Å². The number of fused-ring (bicyclic) bond motifs is 1. The number of nitrogens with one attached hydrogen (secondary N) is 1. The monoisotopic (exact) mass is 425 g/mol. The summed E-state index contributed by atoms with van der Waals surface area (Å²) in [6.45, 7) is 10.2.